The maximum absolute atomic E-state index is 12.6. The first-order valence-electron chi connectivity index (χ1n) is 10.8. The Morgan fingerprint density at radius 2 is 1.77 bits per heavy atom. The normalized spacial score (nSPS) is 23.1. The molecule has 30 heavy (non-hydrogen) atoms. The van der Waals surface area contributed by atoms with Crippen molar-refractivity contribution in [2.45, 2.75) is 38.6 Å². The molecule has 162 valence electrons. The SMILES string of the molecule is Cc1ccc(CCC2CCN(C(=O)ON3C(=O)C4CN(C)CCN4C3=O)CC2)cc1. The zero-order chi connectivity index (χ0) is 21.3. The number of piperidine rings is 1. The van der Waals surface area contributed by atoms with Crippen LogP contribution >= 0.6 is 0 Å². The maximum Gasteiger partial charge on any atom is 0.434 e. The van der Waals surface area contributed by atoms with Crippen molar-refractivity contribution in [2.75, 3.05) is 39.8 Å². The summed E-state index contributed by atoms with van der Waals surface area (Å²) in [5.74, 6) is 0.114. The van der Waals surface area contributed by atoms with Crippen LogP contribution in [-0.2, 0) is 16.1 Å². The third-order valence-electron chi connectivity index (χ3n) is 6.49. The van der Waals surface area contributed by atoms with Crippen LogP contribution in [0.25, 0.3) is 0 Å². The summed E-state index contributed by atoms with van der Waals surface area (Å²) in [6.45, 7) is 4.89. The zero-order valence-electron chi connectivity index (χ0n) is 17.7. The standard InChI is InChI=1S/C22H30N4O4/c1-16-3-5-17(6-4-16)7-8-18-9-11-24(12-10-18)22(29)30-26-20(27)19-15-23(2)13-14-25(19)21(26)28/h3-6,18-19H,7-15H2,1-2H3. The fourth-order valence-electron chi connectivity index (χ4n) is 4.46. The van der Waals surface area contributed by atoms with Gasteiger partial charge in [-0.2, -0.15) is 0 Å². The molecule has 0 bridgehead atoms. The molecule has 8 heteroatoms. The summed E-state index contributed by atoms with van der Waals surface area (Å²) >= 11 is 0. The van der Waals surface area contributed by atoms with E-state index in [9.17, 15) is 14.4 Å². The minimum absolute atomic E-state index is 0.451. The number of nitrogens with zero attached hydrogens (tertiary/aromatic N) is 4. The molecule has 3 fully saturated rings. The maximum atomic E-state index is 12.6. The lowest BCUT2D eigenvalue weighted by Gasteiger charge is -2.32. The van der Waals surface area contributed by atoms with Gasteiger partial charge in [-0.05, 0) is 51.1 Å². The van der Waals surface area contributed by atoms with E-state index in [0.29, 0.717) is 43.7 Å². The van der Waals surface area contributed by atoms with Gasteiger partial charge in [0.25, 0.3) is 5.91 Å². The minimum Gasteiger partial charge on any atom is -0.309 e. The number of hydrogen-bond acceptors (Lipinski definition) is 5. The van der Waals surface area contributed by atoms with E-state index in [0.717, 1.165) is 25.7 Å². The minimum atomic E-state index is -0.609. The lowest BCUT2D eigenvalue weighted by atomic mass is 9.90. The summed E-state index contributed by atoms with van der Waals surface area (Å²) in [6.07, 6.45) is 3.34. The number of fused-ring (bicyclic) bond motifs is 1. The lowest BCUT2D eigenvalue weighted by molar-refractivity contribution is -0.152. The number of carbonyl (C=O) groups excluding carboxylic acids is 3. The second kappa shape index (κ2) is 8.63. The Kier molecular flexibility index (Phi) is 5.94. The van der Waals surface area contributed by atoms with Crippen LogP contribution in [0.2, 0.25) is 0 Å². The Balaban J connectivity index is 1.25. The third kappa shape index (κ3) is 4.28. The fraction of sp³-hybridized carbons (Fsp3) is 0.591. The number of likely N-dealkylation sites (tertiary alicyclic amines) is 1. The van der Waals surface area contributed by atoms with Crippen LogP contribution in [0.1, 0.15) is 30.4 Å². The Morgan fingerprint density at radius 1 is 1.07 bits per heavy atom. The smallest absolute Gasteiger partial charge is 0.309 e. The molecule has 1 aromatic rings. The van der Waals surface area contributed by atoms with Gasteiger partial charge in [-0.1, -0.05) is 34.9 Å². The molecule has 8 nitrogen and oxygen atoms in total. The van der Waals surface area contributed by atoms with Gasteiger partial charge < -0.3 is 19.5 Å². The molecule has 1 unspecified atom stereocenters. The van der Waals surface area contributed by atoms with Crippen molar-refractivity contribution >= 4 is 18.0 Å². The third-order valence-corrected chi connectivity index (χ3v) is 6.49. The summed E-state index contributed by atoms with van der Waals surface area (Å²) in [5, 5.41) is 0.662. The Hall–Kier alpha value is -2.61. The summed E-state index contributed by atoms with van der Waals surface area (Å²) in [5.41, 5.74) is 2.61. The number of hydroxylamine groups is 2. The van der Waals surface area contributed by atoms with Gasteiger partial charge >= 0.3 is 12.1 Å². The van der Waals surface area contributed by atoms with Crippen molar-refractivity contribution in [3.05, 3.63) is 35.4 Å². The van der Waals surface area contributed by atoms with Gasteiger partial charge in [-0.15, -0.1) is 0 Å². The highest BCUT2D eigenvalue weighted by Gasteiger charge is 2.50. The summed E-state index contributed by atoms with van der Waals surface area (Å²) in [4.78, 5) is 47.9. The zero-order valence-corrected chi connectivity index (χ0v) is 17.7. The number of likely N-dealkylation sites (N-methyl/N-ethyl adjacent to an activating group) is 1. The number of urea groups is 1. The van der Waals surface area contributed by atoms with Crippen molar-refractivity contribution in [1.29, 1.82) is 0 Å². The van der Waals surface area contributed by atoms with Crippen molar-refractivity contribution in [2.24, 2.45) is 5.92 Å². The molecule has 4 rings (SSSR count). The van der Waals surface area contributed by atoms with E-state index in [2.05, 4.69) is 31.2 Å². The largest absolute Gasteiger partial charge is 0.434 e. The first-order chi connectivity index (χ1) is 14.4. The number of rotatable bonds is 4. The van der Waals surface area contributed by atoms with E-state index in [1.165, 1.54) is 16.0 Å². The van der Waals surface area contributed by atoms with Gasteiger partial charge in [-0.25, -0.2) is 9.59 Å². The highest BCUT2D eigenvalue weighted by atomic mass is 16.7. The average molecular weight is 415 g/mol. The molecule has 1 atom stereocenters. The second-order valence-corrected chi connectivity index (χ2v) is 8.70. The van der Waals surface area contributed by atoms with Crippen molar-refractivity contribution in [3.63, 3.8) is 0 Å². The highest BCUT2D eigenvalue weighted by molar-refractivity contribution is 6.04. The van der Waals surface area contributed by atoms with Gasteiger partial charge in [-0.3, -0.25) is 4.79 Å². The molecule has 3 heterocycles. The molecular weight excluding hydrogens is 384 g/mol. The Bertz CT molecular complexity index is 804. The predicted octanol–water partition coefficient (Wildman–Crippen LogP) is 2.27. The van der Waals surface area contributed by atoms with Gasteiger partial charge in [0.15, 0.2) is 0 Å². The van der Waals surface area contributed by atoms with E-state index in [1.54, 1.807) is 4.90 Å². The van der Waals surface area contributed by atoms with E-state index in [4.69, 9.17) is 4.84 Å². The van der Waals surface area contributed by atoms with Gasteiger partial charge in [0.1, 0.15) is 6.04 Å². The number of hydrogen-bond donors (Lipinski definition) is 0. The highest BCUT2D eigenvalue weighted by Crippen LogP contribution is 2.25. The van der Waals surface area contributed by atoms with Crippen LogP contribution in [0, 0.1) is 12.8 Å². The average Bonchev–Trinajstić information content (AvgIpc) is 2.98. The van der Waals surface area contributed by atoms with E-state index >= 15 is 0 Å². The first kappa shape index (κ1) is 20.7. The van der Waals surface area contributed by atoms with Crippen LogP contribution in [0.5, 0.6) is 0 Å². The van der Waals surface area contributed by atoms with Crippen LogP contribution in [0.4, 0.5) is 9.59 Å². The summed E-state index contributed by atoms with van der Waals surface area (Å²) in [6, 6.07) is 7.55. The molecule has 3 saturated heterocycles. The summed E-state index contributed by atoms with van der Waals surface area (Å²) in [7, 11) is 1.91. The van der Waals surface area contributed by atoms with Crippen LogP contribution < -0.4 is 0 Å². The molecule has 0 spiro atoms. The number of carbonyl (C=O) groups is 3. The van der Waals surface area contributed by atoms with Gasteiger partial charge in [0, 0.05) is 32.7 Å². The van der Waals surface area contributed by atoms with Crippen molar-refractivity contribution in [3.8, 4) is 0 Å². The van der Waals surface area contributed by atoms with Crippen LogP contribution in [0.3, 0.4) is 0 Å². The first-order valence-corrected chi connectivity index (χ1v) is 10.8. The second-order valence-electron chi connectivity index (χ2n) is 8.70. The number of benzene rings is 1. The molecule has 0 aliphatic carbocycles. The quantitative estimate of drug-likeness (QED) is 0.707. The van der Waals surface area contributed by atoms with E-state index < -0.39 is 24.1 Å². The summed E-state index contributed by atoms with van der Waals surface area (Å²) < 4.78 is 0. The van der Waals surface area contributed by atoms with Crippen LogP contribution in [-0.4, -0.2) is 83.6 Å². The molecule has 0 radical (unpaired) electrons. The molecule has 3 aliphatic heterocycles. The fourth-order valence-corrected chi connectivity index (χ4v) is 4.46. The van der Waals surface area contributed by atoms with Gasteiger partial charge in [0.2, 0.25) is 0 Å². The molecule has 0 N–H and O–H groups in total. The Morgan fingerprint density at radius 3 is 2.47 bits per heavy atom. The molecule has 4 amide bonds. The Labute approximate surface area is 177 Å². The lowest BCUT2D eigenvalue weighted by Crippen LogP contribution is -2.51. The molecule has 1 aromatic carbocycles. The molecular formula is C22H30N4O4. The number of piperazine rings is 1. The monoisotopic (exact) mass is 414 g/mol. The van der Waals surface area contributed by atoms with Crippen LogP contribution in [0.15, 0.2) is 24.3 Å². The number of amides is 4. The number of imide groups is 1. The van der Waals surface area contributed by atoms with Gasteiger partial charge in [0.05, 0.1) is 0 Å². The number of aryl methyl sites for hydroxylation is 2. The predicted molar refractivity (Wildman–Crippen MR) is 111 cm³/mol. The molecule has 0 aromatic heterocycles. The molecule has 3 aliphatic rings. The van der Waals surface area contributed by atoms with E-state index in [1.807, 2.05) is 11.9 Å². The topological polar surface area (TPSA) is 73.4 Å². The van der Waals surface area contributed by atoms with Crippen molar-refractivity contribution < 1.29 is 19.2 Å². The van der Waals surface area contributed by atoms with E-state index in [-0.39, 0.29) is 0 Å². The molecule has 0 saturated carbocycles. The van der Waals surface area contributed by atoms with Crippen molar-refractivity contribution in [1.82, 2.24) is 19.8 Å².